The summed E-state index contributed by atoms with van der Waals surface area (Å²) in [5.41, 5.74) is 0.532. The average molecular weight is 548 g/mol. The lowest BCUT2D eigenvalue weighted by Crippen LogP contribution is -2.47. The summed E-state index contributed by atoms with van der Waals surface area (Å²) in [6, 6.07) is 4.77. The Morgan fingerprint density at radius 3 is 2.50 bits per heavy atom. The number of halogens is 5. The third-order valence-electron chi connectivity index (χ3n) is 4.72. The summed E-state index contributed by atoms with van der Waals surface area (Å²) in [4.78, 5) is 20.3. The van der Waals surface area contributed by atoms with Crippen LogP contribution in [0.15, 0.2) is 41.0 Å². The van der Waals surface area contributed by atoms with Gasteiger partial charge in [0.1, 0.15) is 29.8 Å². The van der Waals surface area contributed by atoms with Gasteiger partial charge in [0.2, 0.25) is 0 Å². The van der Waals surface area contributed by atoms with E-state index in [2.05, 4.69) is 19.6 Å². The van der Waals surface area contributed by atoms with Gasteiger partial charge in [-0.05, 0) is 32.0 Å². The molecule has 1 heterocycles. The molecular formula is C22H22ClF4N5O3S. The van der Waals surface area contributed by atoms with E-state index in [-0.39, 0.29) is 38.9 Å². The molecule has 194 valence electrons. The molecule has 0 spiro atoms. The van der Waals surface area contributed by atoms with Crippen molar-refractivity contribution in [3.05, 3.63) is 47.5 Å². The van der Waals surface area contributed by atoms with E-state index in [0.29, 0.717) is 0 Å². The maximum absolute atomic E-state index is 15.0. The van der Waals surface area contributed by atoms with E-state index < -0.39 is 39.8 Å². The van der Waals surface area contributed by atoms with E-state index in [1.54, 1.807) is 0 Å². The van der Waals surface area contributed by atoms with Crippen LogP contribution in [0, 0.1) is 5.82 Å². The van der Waals surface area contributed by atoms with Gasteiger partial charge in [0.05, 0.1) is 22.3 Å². The van der Waals surface area contributed by atoms with Crippen molar-refractivity contribution in [2.24, 2.45) is 4.36 Å². The lowest BCUT2D eigenvalue weighted by Gasteiger charge is -2.22. The highest BCUT2D eigenvalue weighted by molar-refractivity contribution is 7.92. The Labute approximate surface area is 209 Å². The van der Waals surface area contributed by atoms with E-state index >= 15 is 4.39 Å². The van der Waals surface area contributed by atoms with Crippen molar-refractivity contribution in [3.8, 4) is 5.75 Å². The van der Waals surface area contributed by atoms with Crippen molar-refractivity contribution in [1.29, 1.82) is 0 Å². The maximum atomic E-state index is 15.0. The van der Waals surface area contributed by atoms with Gasteiger partial charge >= 0.3 is 6.18 Å². The molecule has 0 unspecified atom stereocenters. The first-order chi connectivity index (χ1) is 16.6. The van der Waals surface area contributed by atoms with Gasteiger partial charge in [-0.3, -0.25) is 4.79 Å². The molecule has 0 radical (unpaired) electrons. The molecular weight excluding hydrogens is 526 g/mol. The number of benzene rings is 2. The number of rotatable bonds is 7. The molecule has 3 rings (SSSR count). The monoisotopic (exact) mass is 547 g/mol. The van der Waals surface area contributed by atoms with Gasteiger partial charge in [-0.1, -0.05) is 11.6 Å². The van der Waals surface area contributed by atoms with E-state index in [9.17, 15) is 22.2 Å². The SMILES string of the molecule is C[C@H](NC(=O)[C@@H](C)Oc1cc(Cl)ccc1Nc1ncnc2cc(N=S(C)(C)=O)cc(F)c12)C(F)(F)F. The summed E-state index contributed by atoms with van der Waals surface area (Å²) in [6.07, 6.45) is -1.94. The smallest absolute Gasteiger partial charge is 0.408 e. The molecule has 0 saturated heterocycles. The first kappa shape index (κ1) is 27.4. The van der Waals surface area contributed by atoms with Crippen LogP contribution in [0.5, 0.6) is 5.75 Å². The fourth-order valence-corrected chi connectivity index (χ4v) is 3.79. The number of hydrogen-bond acceptors (Lipinski definition) is 7. The Morgan fingerprint density at radius 2 is 1.86 bits per heavy atom. The van der Waals surface area contributed by atoms with Crippen molar-refractivity contribution in [2.45, 2.75) is 32.2 Å². The maximum Gasteiger partial charge on any atom is 0.408 e. The molecule has 8 nitrogen and oxygen atoms in total. The highest BCUT2D eigenvalue weighted by Crippen LogP contribution is 2.35. The minimum atomic E-state index is -4.62. The van der Waals surface area contributed by atoms with Crippen LogP contribution in [0.2, 0.25) is 5.02 Å². The third kappa shape index (κ3) is 6.94. The average Bonchev–Trinajstić information content (AvgIpc) is 2.73. The molecule has 1 aromatic heterocycles. The summed E-state index contributed by atoms with van der Waals surface area (Å²) in [7, 11) is -2.54. The zero-order valence-electron chi connectivity index (χ0n) is 19.5. The quantitative estimate of drug-likeness (QED) is 0.386. The molecule has 2 aromatic carbocycles. The number of carbonyl (C=O) groups excluding carboxylic acids is 1. The molecule has 3 aromatic rings. The van der Waals surface area contributed by atoms with Crippen LogP contribution >= 0.6 is 11.6 Å². The molecule has 0 aliphatic heterocycles. The summed E-state index contributed by atoms with van der Waals surface area (Å²) >= 11 is 6.04. The zero-order valence-corrected chi connectivity index (χ0v) is 21.1. The topological polar surface area (TPSA) is 106 Å². The first-order valence-corrected chi connectivity index (χ1v) is 13.1. The molecule has 2 N–H and O–H groups in total. The van der Waals surface area contributed by atoms with Crippen molar-refractivity contribution in [2.75, 3.05) is 17.8 Å². The van der Waals surface area contributed by atoms with Crippen molar-refractivity contribution in [1.82, 2.24) is 15.3 Å². The largest absolute Gasteiger partial charge is 0.479 e. The molecule has 36 heavy (non-hydrogen) atoms. The van der Waals surface area contributed by atoms with Gasteiger partial charge in [0.25, 0.3) is 5.91 Å². The minimum Gasteiger partial charge on any atom is -0.479 e. The lowest BCUT2D eigenvalue weighted by atomic mass is 10.2. The van der Waals surface area contributed by atoms with Crippen LogP contribution in [-0.2, 0) is 14.5 Å². The number of alkyl halides is 3. The van der Waals surface area contributed by atoms with Crippen molar-refractivity contribution < 1.29 is 31.3 Å². The first-order valence-electron chi connectivity index (χ1n) is 10.4. The van der Waals surface area contributed by atoms with E-state index in [1.807, 2.05) is 5.32 Å². The number of nitrogens with zero attached hydrogens (tertiary/aromatic N) is 3. The highest BCUT2D eigenvalue weighted by atomic mass is 35.5. The molecule has 0 aliphatic carbocycles. The lowest BCUT2D eigenvalue weighted by molar-refractivity contribution is -0.160. The standard InChI is InChI=1S/C22H22ClF4N5O3S/c1-11(21(33)30-12(2)22(25,26)27)35-18-7-13(23)5-6-16(18)31-20-19-15(24)8-14(32-36(3,4)34)9-17(19)28-10-29-20/h5-12H,1-4H3,(H,30,33)(H,28,29,31)/t11-,12+/m1/s1. The van der Waals surface area contributed by atoms with Crippen LogP contribution in [-0.4, -0.2) is 50.9 Å². The van der Waals surface area contributed by atoms with E-state index in [0.717, 1.165) is 13.0 Å². The Bertz CT molecular complexity index is 1420. The molecule has 0 aliphatic rings. The number of carbonyl (C=O) groups is 1. The normalized spacial score (nSPS) is 13.7. The number of nitrogens with one attached hydrogen (secondary N) is 2. The Balaban J connectivity index is 1.93. The number of anilines is 2. The van der Waals surface area contributed by atoms with Gasteiger partial charge in [-0.15, -0.1) is 0 Å². The molecule has 0 fully saturated rings. The molecule has 0 saturated carbocycles. The molecule has 1 amide bonds. The Hall–Kier alpha value is -3.19. The van der Waals surface area contributed by atoms with Crippen molar-refractivity contribution in [3.63, 3.8) is 0 Å². The van der Waals surface area contributed by atoms with Crippen LogP contribution < -0.4 is 15.4 Å². The number of fused-ring (bicyclic) bond motifs is 1. The summed E-state index contributed by atoms with van der Waals surface area (Å²) in [6.45, 7) is 2.08. The summed E-state index contributed by atoms with van der Waals surface area (Å²) < 4.78 is 74.9. The van der Waals surface area contributed by atoms with Crippen LogP contribution in [0.1, 0.15) is 13.8 Å². The summed E-state index contributed by atoms with van der Waals surface area (Å²) in [5, 5.41) is 4.94. The predicted octanol–water partition coefficient (Wildman–Crippen LogP) is 5.36. The molecule has 14 heteroatoms. The van der Waals surface area contributed by atoms with Gasteiger partial charge in [-0.25, -0.2) is 18.6 Å². The third-order valence-corrected chi connectivity index (χ3v) is 5.60. The van der Waals surface area contributed by atoms with Gasteiger partial charge in [0.15, 0.2) is 6.10 Å². The second-order valence-electron chi connectivity index (χ2n) is 8.11. The van der Waals surface area contributed by atoms with Crippen LogP contribution in [0.3, 0.4) is 0 Å². The molecule has 0 bridgehead atoms. The Morgan fingerprint density at radius 1 is 1.17 bits per heavy atom. The van der Waals surface area contributed by atoms with Crippen LogP contribution in [0.25, 0.3) is 10.9 Å². The second kappa shape index (κ2) is 10.4. The fraction of sp³-hybridized carbons (Fsp3) is 0.318. The number of amides is 1. The molecule has 2 atom stereocenters. The Kier molecular flexibility index (Phi) is 7.94. The van der Waals surface area contributed by atoms with Gasteiger partial charge in [-0.2, -0.15) is 17.5 Å². The zero-order chi connectivity index (χ0) is 26.8. The second-order valence-corrected chi connectivity index (χ2v) is 11.1. The van der Waals surface area contributed by atoms with Crippen LogP contribution in [0.4, 0.5) is 34.8 Å². The number of hydrogen-bond donors (Lipinski definition) is 2. The van der Waals surface area contributed by atoms with Gasteiger partial charge in [0, 0.05) is 39.4 Å². The van der Waals surface area contributed by atoms with E-state index in [1.165, 1.54) is 50.0 Å². The fourth-order valence-electron chi connectivity index (χ4n) is 3.01. The van der Waals surface area contributed by atoms with Gasteiger partial charge < -0.3 is 15.4 Å². The highest BCUT2D eigenvalue weighted by Gasteiger charge is 2.38. The van der Waals surface area contributed by atoms with Crippen molar-refractivity contribution >= 4 is 55.3 Å². The summed E-state index contributed by atoms with van der Waals surface area (Å²) in [5.74, 6) is -1.68. The number of aromatic nitrogens is 2. The number of ether oxygens (including phenoxy) is 1. The van der Waals surface area contributed by atoms with E-state index in [4.69, 9.17) is 16.3 Å². The predicted molar refractivity (Wildman–Crippen MR) is 130 cm³/mol. The minimum absolute atomic E-state index is 0.000786.